The van der Waals surface area contributed by atoms with Crippen molar-refractivity contribution in [3.63, 3.8) is 0 Å². The first kappa shape index (κ1) is 32.9. The average molecular weight is 636 g/mol. The Kier molecular flexibility index (Phi) is 11.5. The topological polar surface area (TPSA) is 184 Å². The molecule has 1 heterocycles. The minimum absolute atomic E-state index is 0.00507. The van der Waals surface area contributed by atoms with E-state index in [9.17, 15) is 20.0 Å². The first-order chi connectivity index (χ1) is 21.7. The normalized spacial score (nSPS) is 11.3. The molecule has 0 saturated heterocycles. The molecule has 0 aliphatic rings. The molecule has 5 N–H and O–H groups in total. The van der Waals surface area contributed by atoms with Crippen LogP contribution in [0.4, 0.5) is 4.79 Å². The fourth-order valence-electron chi connectivity index (χ4n) is 4.58. The summed E-state index contributed by atoms with van der Waals surface area (Å²) in [6.07, 6.45) is 1.82. The number of hydrazone groups is 1. The van der Waals surface area contributed by atoms with Crippen LogP contribution < -0.4 is 11.6 Å². The number of carbonyl (C=O) groups excluding carboxylic acids is 1. The highest BCUT2D eigenvalue weighted by molar-refractivity contribution is 6.30. The average Bonchev–Trinajstić information content (AvgIpc) is 3.35. The van der Waals surface area contributed by atoms with E-state index < -0.39 is 11.2 Å². The Bertz CT molecular complexity index is 1640. The number of halogens is 1. The van der Waals surface area contributed by atoms with Gasteiger partial charge >= 0.3 is 6.09 Å². The van der Waals surface area contributed by atoms with Crippen LogP contribution in [0.5, 0.6) is 0 Å². The molecule has 0 aliphatic heterocycles. The van der Waals surface area contributed by atoms with E-state index in [1.54, 1.807) is 36.4 Å². The van der Waals surface area contributed by atoms with E-state index in [0.717, 1.165) is 41.8 Å². The van der Waals surface area contributed by atoms with Gasteiger partial charge in [-0.1, -0.05) is 97.7 Å². The Morgan fingerprint density at radius 3 is 2.36 bits per heavy atom. The fourth-order valence-corrected chi connectivity index (χ4v) is 4.84. The van der Waals surface area contributed by atoms with Gasteiger partial charge in [0.05, 0.1) is 12.3 Å². The van der Waals surface area contributed by atoms with Gasteiger partial charge in [-0.2, -0.15) is 0 Å². The minimum atomic E-state index is -0.930. The molecule has 0 unspecified atom stereocenters. The number of ether oxygens (including phenoxy) is 1. The monoisotopic (exact) mass is 635 g/mol. The zero-order valence-electron chi connectivity index (χ0n) is 24.6. The van der Waals surface area contributed by atoms with Crippen LogP contribution >= 0.6 is 11.6 Å². The number of amides is 1. The van der Waals surface area contributed by atoms with Gasteiger partial charge in [-0.15, -0.1) is 20.3 Å². The highest BCUT2D eigenvalue weighted by atomic mass is 35.5. The van der Waals surface area contributed by atoms with E-state index in [2.05, 4.69) is 21.8 Å². The van der Waals surface area contributed by atoms with Gasteiger partial charge in [0.15, 0.2) is 11.0 Å². The van der Waals surface area contributed by atoms with Crippen LogP contribution in [-0.2, 0) is 42.4 Å². The molecule has 0 bridgehead atoms. The summed E-state index contributed by atoms with van der Waals surface area (Å²) in [7, 11) is 0. The summed E-state index contributed by atoms with van der Waals surface area (Å²) in [5.74, 6) is 6.68. The summed E-state index contributed by atoms with van der Waals surface area (Å²) in [4.78, 5) is 31.6. The van der Waals surface area contributed by atoms with E-state index in [1.165, 1.54) is 0 Å². The van der Waals surface area contributed by atoms with Crippen LogP contribution in [0.15, 0.2) is 77.9 Å². The molecule has 3 aromatic carbocycles. The first-order valence-corrected chi connectivity index (χ1v) is 14.5. The molecule has 45 heavy (non-hydrogen) atoms. The molecule has 0 spiro atoms. The molecule has 0 saturated carbocycles. The quantitative estimate of drug-likeness (QED) is 0.0431. The van der Waals surface area contributed by atoms with Crippen molar-refractivity contribution >= 4 is 23.5 Å². The second-order valence-electron chi connectivity index (χ2n) is 10.1. The van der Waals surface area contributed by atoms with Crippen molar-refractivity contribution in [1.82, 2.24) is 14.7 Å². The number of carbonyl (C=O) groups is 1. The number of unbranched alkanes of at least 4 members (excludes halogenated alkanes) is 1. The number of imidazole rings is 1. The summed E-state index contributed by atoms with van der Waals surface area (Å²) in [6.45, 7) is 2.12. The lowest BCUT2D eigenvalue weighted by Crippen LogP contribution is -2.35. The number of nitrogens with zero attached hydrogens (tertiary/aromatic N) is 5. The van der Waals surface area contributed by atoms with Crippen molar-refractivity contribution < 1.29 is 24.6 Å². The number of aryl methyl sites for hydroxylation is 1. The second kappa shape index (κ2) is 15.7. The molecule has 0 atom stereocenters. The van der Waals surface area contributed by atoms with E-state index >= 15 is 0 Å². The summed E-state index contributed by atoms with van der Waals surface area (Å²) < 4.78 is 7.18. The third kappa shape index (κ3) is 8.79. The smallest absolute Gasteiger partial charge is 0.442 e. The molecular weight excluding hydrogens is 602 g/mol. The predicted molar refractivity (Wildman–Crippen MR) is 168 cm³/mol. The fraction of sp³-hybridized carbons (Fsp3) is 0.258. The van der Waals surface area contributed by atoms with Crippen LogP contribution in [0.2, 0.25) is 5.15 Å². The van der Waals surface area contributed by atoms with E-state index in [0.29, 0.717) is 39.2 Å². The van der Waals surface area contributed by atoms with Gasteiger partial charge in [0.2, 0.25) is 0 Å². The molecule has 13 nitrogen and oxygen atoms in total. The Balaban J connectivity index is 1.43. The Morgan fingerprint density at radius 2 is 1.71 bits per heavy atom. The largest absolute Gasteiger partial charge is 0.445 e. The molecule has 14 heteroatoms. The van der Waals surface area contributed by atoms with Gasteiger partial charge in [-0.25, -0.2) is 15.6 Å². The molecule has 4 aromatic rings. The minimum Gasteiger partial charge on any atom is -0.442 e. The lowest BCUT2D eigenvalue weighted by atomic mass is 9.98. The van der Waals surface area contributed by atoms with Gasteiger partial charge < -0.3 is 25.0 Å². The predicted octanol–water partition coefficient (Wildman–Crippen LogP) is 4.93. The lowest BCUT2D eigenvalue weighted by molar-refractivity contribution is -0.763. The first-order valence-electron chi connectivity index (χ1n) is 14.1. The number of nitrogens with two attached hydrogens (primary N) is 2. The van der Waals surface area contributed by atoms with Crippen LogP contribution in [0, 0.1) is 10.1 Å². The lowest BCUT2D eigenvalue weighted by Gasteiger charge is -2.15. The molecule has 0 fully saturated rings. The maximum Gasteiger partial charge on any atom is 0.445 e. The van der Waals surface area contributed by atoms with E-state index in [-0.39, 0.29) is 25.7 Å². The molecule has 0 aliphatic carbocycles. The van der Waals surface area contributed by atoms with Crippen molar-refractivity contribution in [2.24, 2.45) is 16.7 Å². The van der Waals surface area contributed by atoms with Crippen LogP contribution in [0.1, 0.15) is 53.5 Å². The van der Waals surface area contributed by atoms with Crippen LogP contribution in [-0.4, -0.2) is 36.8 Å². The Hall–Kier alpha value is -4.98. The third-order valence-electron chi connectivity index (χ3n) is 6.94. The van der Waals surface area contributed by atoms with Crippen LogP contribution in [0.25, 0.3) is 11.1 Å². The van der Waals surface area contributed by atoms with Gasteiger partial charge in [-0.3, -0.25) is 0 Å². The highest BCUT2D eigenvalue weighted by Crippen LogP contribution is 2.26. The van der Waals surface area contributed by atoms with Crippen molar-refractivity contribution in [2.45, 2.75) is 52.6 Å². The second-order valence-corrected chi connectivity index (χ2v) is 10.4. The molecular formula is C31H34ClN7O6. The number of hydrogen-bond acceptors (Lipinski definition) is 9. The molecule has 0 radical (unpaired) electrons. The van der Waals surface area contributed by atoms with E-state index in [4.69, 9.17) is 27.9 Å². The summed E-state index contributed by atoms with van der Waals surface area (Å²) in [5.41, 5.74) is 11.3. The van der Waals surface area contributed by atoms with E-state index in [1.807, 2.05) is 41.0 Å². The number of amidine groups is 1. The molecule has 1 amide bonds. The standard InChI is InChI=1S/C31H34ClN7O6/c1-2-3-8-28-35-29(32)27(18-40)37(28)17-21-13-15-24(16-14-21)25-6-4-5-7-26(25)30(33)36-38(34)31(41)44-19-22-9-11-23(12-10-22)20-45-39(42)43/h4-7,9-16,40H,2-3,8,17-20,34H2,1H3,(H2,33,36). The van der Waals surface area contributed by atoms with Gasteiger partial charge in [0, 0.05) is 18.5 Å². The van der Waals surface area contributed by atoms with Crippen molar-refractivity contribution in [1.29, 1.82) is 0 Å². The van der Waals surface area contributed by atoms with Crippen LogP contribution in [0.3, 0.4) is 0 Å². The number of hydrazine groups is 1. The number of aromatic nitrogens is 2. The number of rotatable bonds is 14. The zero-order chi connectivity index (χ0) is 32.3. The maximum absolute atomic E-state index is 12.5. The SMILES string of the molecule is CCCCc1nc(Cl)c(CO)n1Cc1ccc(-c2ccccc2/C(N)=N/N(N)C(=O)OCc2ccc(CO[N+](=O)[O-])cc2)cc1. The van der Waals surface area contributed by atoms with Crippen molar-refractivity contribution in [3.05, 3.63) is 122 Å². The highest BCUT2D eigenvalue weighted by Gasteiger charge is 2.17. The molecule has 236 valence electrons. The molecule has 4 rings (SSSR count). The third-order valence-corrected chi connectivity index (χ3v) is 7.24. The summed E-state index contributed by atoms with van der Waals surface area (Å²) in [6, 6.07) is 21.7. The number of aliphatic hydroxyl groups is 1. The zero-order valence-corrected chi connectivity index (χ0v) is 25.4. The summed E-state index contributed by atoms with van der Waals surface area (Å²) >= 11 is 6.29. The van der Waals surface area contributed by atoms with Crippen molar-refractivity contribution in [3.8, 4) is 11.1 Å². The Labute approximate surface area is 264 Å². The summed E-state index contributed by atoms with van der Waals surface area (Å²) in [5, 5.41) is 24.2. The molecule has 1 aromatic heterocycles. The number of benzene rings is 3. The number of hydrogen-bond donors (Lipinski definition) is 3. The maximum atomic E-state index is 12.5. The van der Waals surface area contributed by atoms with Crippen molar-refractivity contribution in [2.75, 3.05) is 0 Å². The van der Waals surface area contributed by atoms with Gasteiger partial charge in [0.1, 0.15) is 19.0 Å². The van der Waals surface area contributed by atoms with Gasteiger partial charge in [-0.05, 0) is 34.2 Å². The Morgan fingerprint density at radius 1 is 1.07 bits per heavy atom. The number of aliphatic hydroxyl groups excluding tert-OH is 1. The van der Waals surface area contributed by atoms with Gasteiger partial charge in [0.25, 0.3) is 5.09 Å².